The van der Waals surface area contributed by atoms with Crippen LogP contribution in [-0.4, -0.2) is 7.85 Å². The van der Waals surface area contributed by atoms with Gasteiger partial charge in [0.25, 0.3) is 0 Å². The Bertz CT molecular complexity index is 452. The summed E-state index contributed by atoms with van der Waals surface area (Å²) in [5, 5.41) is -0.227. The van der Waals surface area contributed by atoms with Gasteiger partial charge < -0.3 is 22.9 Å². The molecule has 0 aromatic heterocycles. The van der Waals surface area contributed by atoms with Crippen LogP contribution in [0.15, 0.2) is 24.3 Å². The smallest absolute Gasteiger partial charge is 0.120 e. The van der Waals surface area contributed by atoms with Crippen molar-refractivity contribution in [2.45, 2.75) is 25.3 Å². The fraction of sp³-hybridized carbons (Fsp3) is 0.333. The fourth-order valence-electron chi connectivity index (χ4n) is 1.72. The summed E-state index contributed by atoms with van der Waals surface area (Å²) in [6.07, 6.45) is -0.612. The Morgan fingerprint density at radius 1 is 1.29 bits per heavy atom. The van der Waals surface area contributed by atoms with Gasteiger partial charge >= 0.3 is 0 Å². The van der Waals surface area contributed by atoms with Gasteiger partial charge in [-0.3, -0.25) is 0 Å². The Morgan fingerprint density at radius 2 is 1.82 bits per heavy atom. The highest BCUT2D eigenvalue weighted by Gasteiger charge is 2.25. The lowest BCUT2D eigenvalue weighted by Crippen LogP contribution is -2.27. The predicted octanol–water partition coefficient (Wildman–Crippen LogP) is 0.191. The van der Waals surface area contributed by atoms with Crippen LogP contribution in [0, 0.1) is 0 Å². The number of allylic oxidation sites excluding steroid dienone is 1. The van der Waals surface area contributed by atoms with Crippen molar-refractivity contribution >= 4 is 19.2 Å². The summed E-state index contributed by atoms with van der Waals surface area (Å²) in [5.74, 6) is 0. The average molecular weight is 232 g/mol. The van der Waals surface area contributed by atoms with Crippen LogP contribution in [0.2, 0.25) is 0 Å². The largest absolute Gasteiger partial charge is 0.397 e. The monoisotopic (exact) mass is 232 g/mol. The van der Waals surface area contributed by atoms with Crippen molar-refractivity contribution < 1.29 is 0 Å². The SMILES string of the molecule is BC(C)(C(=C)C)c1ccc(C(N)N)c(N)c1N. The maximum absolute atomic E-state index is 6.07. The summed E-state index contributed by atoms with van der Waals surface area (Å²) in [7, 11) is 2.06. The number of hydrogen-bond acceptors (Lipinski definition) is 4. The van der Waals surface area contributed by atoms with E-state index < -0.39 is 6.17 Å². The Balaban J connectivity index is 3.41. The molecule has 0 bridgehead atoms. The number of hydrogen-bond donors (Lipinski definition) is 4. The summed E-state index contributed by atoms with van der Waals surface area (Å²) in [4.78, 5) is 0. The van der Waals surface area contributed by atoms with E-state index in [0.29, 0.717) is 16.9 Å². The van der Waals surface area contributed by atoms with Gasteiger partial charge in [-0.25, -0.2) is 0 Å². The van der Waals surface area contributed by atoms with Crippen molar-refractivity contribution in [2.24, 2.45) is 11.5 Å². The first-order chi connectivity index (χ1) is 7.69. The second kappa shape index (κ2) is 4.43. The first-order valence-corrected chi connectivity index (χ1v) is 5.55. The third-order valence-electron chi connectivity index (χ3n) is 3.42. The molecule has 1 aromatic rings. The highest BCUT2D eigenvalue weighted by molar-refractivity contribution is 6.18. The normalized spacial score (nSPS) is 14.6. The van der Waals surface area contributed by atoms with Crippen LogP contribution < -0.4 is 22.9 Å². The molecule has 0 spiro atoms. The number of benzene rings is 1. The first-order valence-electron chi connectivity index (χ1n) is 5.55. The molecule has 1 unspecified atom stereocenters. The molecule has 17 heavy (non-hydrogen) atoms. The average Bonchev–Trinajstić information content (AvgIpc) is 2.20. The summed E-state index contributed by atoms with van der Waals surface area (Å²) in [5.41, 5.74) is 26.9. The molecule has 92 valence electrons. The van der Waals surface area contributed by atoms with Gasteiger partial charge in [0.05, 0.1) is 17.5 Å². The number of anilines is 2. The predicted molar refractivity (Wildman–Crippen MR) is 77.1 cm³/mol. The van der Waals surface area contributed by atoms with Gasteiger partial charge in [-0.15, -0.1) is 0 Å². The number of nitrogens with two attached hydrogens (primary N) is 4. The molecule has 5 heteroatoms. The maximum Gasteiger partial charge on any atom is 0.120 e. The van der Waals surface area contributed by atoms with Crippen LogP contribution in [-0.2, 0) is 5.31 Å². The van der Waals surface area contributed by atoms with Gasteiger partial charge in [-0.1, -0.05) is 31.2 Å². The second-order valence-electron chi connectivity index (χ2n) is 4.96. The molecule has 0 fully saturated rings. The third kappa shape index (κ3) is 2.30. The van der Waals surface area contributed by atoms with Crippen molar-refractivity contribution in [1.29, 1.82) is 0 Å². The Hall–Kier alpha value is -1.46. The van der Waals surface area contributed by atoms with Gasteiger partial charge in [0.1, 0.15) is 7.85 Å². The number of rotatable bonds is 3. The van der Waals surface area contributed by atoms with Crippen LogP contribution in [0.25, 0.3) is 0 Å². The molecule has 1 atom stereocenters. The molecule has 0 aliphatic heterocycles. The van der Waals surface area contributed by atoms with E-state index in [0.717, 1.165) is 11.1 Å². The standard InChI is InChI=1S/C12H21BN4/c1-6(2)12(3,13)8-5-4-7(11(16)17)9(14)10(8)15/h4-5,11H,1,13-17H2,2-3H3. The van der Waals surface area contributed by atoms with Crippen molar-refractivity contribution in [3.63, 3.8) is 0 Å². The minimum Gasteiger partial charge on any atom is -0.397 e. The number of nitrogen functional groups attached to an aromatic ring is 2. The topological polar surface area (TPSA) is 104 Å². The van der Waals surface area contributed by atoms with E-state index in [-0.39, 0.29) is 5.31 Å². The van der Waals surface area contributed by atoms with E-state index in [1.54, 1.807) is 0 Å². The molecule has 0 heterocycles. The summed E-state index contributed by atoms with van der Waals surface area (Å²) < 4.78 is 0. The van der Waals surface area contributed by atoms with Gasteiger partial charge in [-0.2, -0.15) is 0 Å². The van der Waals surface area contributed by atoms with Crippen LogP contribution in [0.3, 0.4) is 0 Å². The van der Waals surface area contributed by atoms with Crippen molar-refractivity contribution in [3.8, 4) is 0 Å². The van der Waals surface area contributed by atoms with Crippen molar-refractivity contribution in [1.82, 2.24) is 0 Å². The van der Waals surface area contributed by atoms with E-state index >= 15 is 0 Å². The quantitative estimate of drug-likeness (QED) is 0.258. The maximum atomic E-state index is 6.07. The molecular weight excluding hydrogens is 211 g/mol. The van der Waals surface area contributed by atoms with Crippen LogP contribution in [0.5, 0.6) is 0 Å². The summed E-state index contributed by atoms with van der Waals surface area (Å²) >= 11 is 0. The third-order valence-corrected chi connectivity index (χ3v) is 3.42. The zero-order chi connectivity index (χ0) is 13.4. The first kappa shape index (κ1) is 13.6. The molecule has 0 aliphatic carbocycles. The molecule has 1 aromatic carbocycles. The van der Waals surface area contributed by atoms with E-state index in [4.69, 9.17) is 22.9 Å². The van der Waals surface area contributed by atoms with Gasteiger partial charge in [0, 0.05) is 5.56 Å². The van der Waals surface area contributed by atoms with E-state index in [9.17, 15) is 0 Å². The van der Waals surface area contributed by atoms with Gasteiger partial charge in [0.2, 0.25) is 0 Å². The van der Waals surface area contributed by atoms with Gasteiger partial charge in [0.15, 0.2) is 0 Å². The molecule has 0 amide bonds. The highest BCUT2D eigenvalue weighted by atomic mass is 14.9. The lowest BCUT2D eigenvalue weighted by Gasteiger charge is -2.29. The Labute approximate surface area is 103 Å². The minimum absolute atomic E-state index is 0.227. The van der Waals surface area contributed by atoms with E-state index in [2.05, 4.69) is 21.3 Å². The van der Waals surface area contributed by atoms with Gasteiger partial charge in [-0.05, 0) is 17.8 Å². The molecule has 0 saturated carbocycles. The zero-order valence-corrected chi connectivity index (χ0v) is 10.7. The van der Waals surface area contributed by atoms with E-state index in [1.807, 2.05) is 19.1 Å². The Kier molecular flexibility index (Phi) is 3.55. The van der Waals surface area contributed by atoms with E-state index in [1.165, 1.54) is 0 Å². The molecular formula is C12H21BN4. The van der Waals surface area contributed by atoms with Crippen molar-refractivity contribution in [2.75, 3.05) is 11.5 Å². The molecule has 1 rings (SSSR count). The summed E-state index contributed by atoms with van der Waals surface area (Å²) in [6, 6.07) is 3.75. The molecule has 8 N–H and O–H groups in total. The van der Waals surface area contributed by atoms with Crippen molar-refractivity contribution in [3.05, 3.63) is 35.4 Å². The lowest BCUT2D eigenvalue weighted by molar-refractivity contribution is 0.769. The summed E-state index contributed by atoms with van der Waals surface area (Å²) in [6.45, 7) is 8.01. The highest BCUT2D eigenvalue weighted by Crippen LogP contribution is 2.36. The molecule has 0 radical (unpaired) electrons. The fourth-order valence-corrected chi connectivity index (χ4v) is 1.72. The Morgan fingerprint density at radius 3 is 2.24 bits per heavy atom. The van der Waals surface area contributed by atoms with Crippen LogP contribution in [0.1, 0.15) is 31.1 Å². The van der Waals surface area contributed by atoms with Crippen LogP contribution in [0.4, 0.5) is 11.4 Å². The zero-order valence-electron chi connectivity index (χ0n) is 10.7. The second-order valence-corrected chi connectivity index (χ2v) is 4.96. The molecule has 4 nitrogen and oxygen atoms in total. The lowest BCUT2D eigenvalue weighted by atomic mass is 9.61. The molecule has 0 aliphatic rings. The molecule has 0 saturated heterocycles. The van der Waals surface area contributed by atoms with Crippen LogP contribution >= 0.6 is 0 Å². The minimum atomic E-state index is -0.612.